The SMILES string of the molecule is CC[C@]1(C)[C@@H](C(=O)Cn2cc(Cl)cn2)CC[C@H]1[C@@H]1CC[C@@H]2C[C@](C)(O)CC[C@@H]2[C@H]1C. The van der Waals surface area contributed by atoms with Crippen molar-refractivity contribution < 1.29 is 9.90 Å². The third-order valence-corrected chi connectivity index (χ3v) is 9.74. The number of Topliss-reactive ketones (excluding diaryl/α,β-unsaturated/α-hetero) is 1. The highest BCUT2D eigenvalue weighted by molar-refractivity contribution is 6.30. The van der Waals surface area contributed by atoms with E-state index in [4.69, 9.17) is 11.6 Å². The normalized spacial score (nSPS) is 44.1. The number of fused-ring (bicyclic) bond motifs is 1. The average Bonchev–Trinajstić information content (AvgIpc) is 3.24. The zero-order valence-corrected chi connectivity index (χ0v) is 19.9. The second-order valence-electron chi connectivity index (χ2n) is 11.2. The first-order chi connectivity index (χ1) is 14.1. The van der Waals surface area contributed by atoms with Crippen LogP contribution >= 0.6 is 11.6 Å². The van der Waals surface area contributed by atoms with Crippen LogP contribution in [0.15, 0.2) is 12.4 Å². The molecular weight excluding hydrogens is 396 g/mol. The van der Waals surface area contributed by atoms with Crippen molar-refractivity contribution in [2.75, 3.05) is 0 Å². The minimum atomic E-state index is -0.466. The summed E-state index contributed by atoms with van der Waals surface area (Å²) in [6, 6.07) is 0. The maximum atomic E-state index is 13.3. The lowest BCUT2D eigenvalue weighted by Gasteiger charge is -2.52. The lowest BCUT2D eigenvalue weighted by atomic mass is 9.54. The molecule has 3 fully saturated rings. The third kappa shape index (κ3) is 3.99. The van der Waals surface area contributed by atoms with Crippen LogP contribution in [-0.4, -0.2) is 26.3 Å². The summed E-state index contributed by atoms with van der Waals surface area (Å²) >= 11 is 5.99. The van der Waals surface area contributed by atoms with Gasteiger partial charge in [-0.05, 0) is 93.3 Å². The number of hydrogen-bond donors (Lipinski definition) is 1. The molecule has 0 unspecified atom stereocenters. The number of carbonyl (C=O) groups excluding carboxylic acids is 1. The summed E-state index contributed by atoms with van der Waals surface area (Å²) in [6.07, 6.45) is 12.2. The zero-order chi connectivity index (χ0) is 21.7. The summed E-state index contributed by atoms with van der Waals surface area (Å²) < 4.78 is 1.69. The number of carbonyl (C=O) groups is 1. The topological polar surface area (TPSA) is 55.1 Å². The van der Waals surface area contributed by atoms with E-state index in [0.29, 0.717) is 41.0 Å². The zero-order valence-electron chi connectivity index (χ0n) is 19.1. The summed E-state index contributed by atoms with van der Waals surface area (Å²) in [7, 11) is 0. The molecule has 4 nitrogen and oxygen atoms in total. The Morgan fingerprint density at radius 2 is 2.00 bits per heavy atom. The fourth-order valence-electron chi connectivity index (χ4n) is 7.79. The molecule has 8 atom stereocenters. The van der Waals surface area contributed by atoms with Crippen molar-refractivity contribution in [2.45, 2.75) is 91.2 Å². The summed E-state index contributed by atoms with van der Waals surface area (Å²) in [5.41, 5.74) is -0.397. The van der Waals surface area contributed by atoms with E-state index in [-0.39, 0.29) is 11.3 Å². The van der Waals surface area contributed by atoms with Crippen molar-refractivity contribution in [1.29, 1.82) is 0 Å². The minimum Gasteiger partial charge on any atom is -0.390 e. The fourth-order valence-corrected chi connectivity index (χ4v) is 7.95. The minimum absolute atomic E-state index is 0.0694. The Morgan fingerprint density at radius 1 is 1.23 bits per heavy atom. The van der Waals surface area contributed by atoms with Gasteiger partial charge in [0, 0.05) is 12.1 Å². The monoisotopic (exact) mass is 434 g/mol. The predicted molar refractivity (Wildman–Crippen MR) is 120 cm³/mol. The van der Waals surface area contributed by atoms with Gasteiger partial charge in [-0.3, -0.25) is 9.48 Å². The number of aliphatic hydroxyl groups is 1. The Balaban J connectivity index is 1.48. The molecule has 3 aliphatic rings. The number of hydrogen-bond acceptors (Lipinski definition) is 3. The lowest BCUT2D eigenvalue weighted by molar-refractivity contribution is -0.128. The van der Waals surface area contributed by atoms with Crippen molar-refractivity contribution in [3.8, 4) is 0 Å². The van der Waals surface area contributed by atoms with Crippen molar-refractivity contribution in [2.24, 2.45) is 40.9 Å². The van der Waals surface area contributed by atoms with Crippen LogP contribution in [0.4, 0.5) is 0 Å². The van der Waals surface area contributed by atoms with Crippen molar-refractivity contribution in [3.05, 3.63) is 17.4 Å². The molecule has 3 aliphatic carbocycles. The molecule has 0 radical (unpaired) electrons. The summed E-state index contributed by atoms with van der Waals surface area (Å²) in [5, 5.41) is 15.4. The molecule has 1 aromatic heterocycles. The Labute approximate surface area is 186 Å². The number of halogens is 1. The Bertz CT molecular complexity index is 775. The molecule has 30 heavy (non-hydrogen) atoms. The summed E-state index contributed by atoms with van der Waals surface area (Å²) in [5.74, 6) is 3.87. The molecule has 5 heteroatoms. The van der Waals surface area contributed by atoms with Gasteiger partial charge < -0.3 is 5.11 Å². The van der Waals surface area contributed by atoms with E-state index in [2.05, 4.69) is 25.9 Å². The molecule has 1 aromatic rings. The number of rotatable bonds is 5. The molecule has 168 valence electrons. The molecule has 0 amide bonds. The quantitative estimate of drug-likeness (QED) is 0.640. The highest BCUT2D eigenvalue weighted by atomic mass is 35.5. The van der Waals surface area contributed by atoms with E-state index < -0.39 is 5.60 Å². The molecule has 0 saturated heterocycles. The van der Waals surface area contributed by atoms with E-state index >= 15 is 0 Å². The van der Waals surface area contributed by atoms with Gasteiger partial charge in [0.15, 0.2) is 5.78 Å². The third-order valence-electron chi connectivity index (χ3n) is 9.54. The van der Waals surface area contributed by atoms with Crippen LogP contribution in [0.2, 0.25) is 5.02 Å². The van der Waals surface area contributed by atoms with E-state index in [1.807, 2.05) is 6.92 Å². The summed E-state index contributed by atoms with van der Waals surface area (Å²) in [6.45, 7) is 9.48. The molecule has 0 spiro atoms. The Hall–Kier alpha value is -0.870. The molecular formula is C25H39ClN2O2. The lowest BCUT2D eigenvalue weighted by Crippen LogP contribution is -2.47. The summed E-state index contributed by atoms with van der Waals surface area (Å²) in [4.78, 5) is 13.3. The maximum absolute atomic E-state index is 13.3. The molecule has 4 rings (SSSR count). The van der Waals surface area contributed by atoms with E-state index in [0.717, 1.165) is 38.0 Å². The molecule has 1 heterocycles. The van der Waals surface area contributed by atoms with Crippen LogP contribution in [0.1, 0.15) is 79.1 Å². The fraction of sp³-hybridized carbons (Fsp3) is 0.840. The van der Waals surface area contributed by atoms with Crippen LogP contribution in [0.5, 0.6) is 0 Å². The average molecular weight is 435 g/mol. The van der Waals surface area contributed by atoms with Crippen molar-refractivity contribution >= 4 is 17.4 Å². The molecule has 0 bridgehead atoms. The Kier molecular flexibility index (Phi) is 6.13. The number of aromatic nitrogens is 2. The number of nitrogens with zero attached hydrogens (tertiary/aromatic N) is 2. The Morgan fingerprint density at radius 3 is 2.67 bits per heavy atom. The highest BCUT2D eigenvalue weighted by Gasteiger charge is 2.54. The van der Waals surface area contributed by atoms with Crippen molar-refractivity contribution in [1.82, 2.24) is 9.78 Å². The van der Waals surface area contributed by atoms with E-state index in [9.17, 15) is 9.90 Å². The van der Waals surface area contributed by atoms with E-state index in [1.165, 1.54) is 19.3 Å². The van der Waals surface area contributed by atoms with Gasteiger partial charge in [-0.25, -0.2) is 0 Å². The van der Waals surface area contributed by atoms with Crippen LogP contribution in [0, 0.1) is 40.9 Å². The van der Waals surface area contributed by atoms with Gasteiger partial charge in [-0.15, -0.1) is 0 Å². The first-order valence-corrected chi connectivity index (χ1v) is 12.5. The highest BCUT2D eigenvalue weighted by Crippen LogP contribution is 2.59. The smallest absolute Gasteiger partial charge is 0.157 e. The van der Waals surface area contributed by atoms with E-state index in [1.54, 1.807) is 17.1 Å². The van der Waals surface area contributed by atoms with Gasteiger partial charge in [0.2, 0.25) is 0 Å². The van der Waals surface area contributed by atoms with Crippen LogP contribution in [0.3, 0.4) is 0 Å². The van der Waals surface area contributed by atoms with Gasteiger partial charge >= 0.3 is 0 Å². The van der Waals surface area contributed by atoms with Crippen molar-refractivity contribution in [3.63, 3.8) is 0 Å². The first kappa shape index (κ1) is 22.3. The van der Waals surface area contributed by atoms with Crippen LogP contribution in [-0.2, 0) is 11.3 Å². The second-order valence-corrected chi connectivity index (χ2v) is 11.6. The molecule has 0 aromatic carbocycles. The van der Waals surface area contributed by atoms with Gasteiger partial charge in [0.1, 0.15) is 0 Å². The van der Waals surface area contributed by atoms with Gasteiger partial charge in [0.25, 0.3) is 0 Å². The van der Waals surface area contributed by atoms with Crippen LogP contribution < -0.4 is 0 Å². The largest absolute Gasteiger partial charge is 0.390 e. The molecule has 1 N–H and O–H groups in total. The second kappa shape index (κ2) is 8.24. The number of ketones is 1. The van der Waals surface area contributed by atoms with Gasteiger partial charge in [0.05, 0.1) is 23.4 Å². The maximum Gasteiger partial charge on any atom is 0.157 e. The molecule has 3 saturated carbocycles. The first-order valence-electron chi connectivity index (χ1n) is 12.1. The molecule has 0 aliphatic heterocycles. The standard InChI is InChI=1S/C25H39ClN2O2/c1-5-25(4)21(8-9-22(25)23(29)15-28-14-18(26)13-27-28)20-7-6-17-12-24(3,30)11-10-19(17)16(20)2/h13-14,16-17,19-22,30H,5-12,15H2,1-4H3/t16-,17-,19-,20-,21+,22-,24-,25+/m1/s1. The van der Waals surface area contributed by atoms with Gasteiger partial charge in [-0.1, -0.05) is 32.4 Å². The van der Waals surface area contributed by atoms with Gasteiger partial charge in [-0.2, -0.15) is 5.10 Å². The van der Waals surface area contributed by atoms with Crippen LogP contribution in [0.25, 0.3) is 0 Å². The predicted octanol–water partition coefficient (Wildman–Crippen LogP) is 5.76.